The van der Waals surface area contributed by atoms with Crippen LogP contribution in [0.4, 0.5) is 13.2 Å². The monoisotopic (exact) mass is 235 g/mol. The second-order valence-electron chi connectivity index (χ2n) is 3.81. The molecule has 1 heterocycles. The largest absolute Gasteiger partial charge is 0.389 e. The third-order valence-electron chi connectivity index (χ3n) is 2.38. The Morgan fingerprint density at radius 1 is 1.50 bits per heavy atom. The molecular weight excluding hydrogens is 219 g/mol. The minimum atomic E-state index is -4.07. The standard InChI is InChI=1S/C10H16F3N3/c1-14-8(4-3-5-10(11,12)13)9-6-16(2)7-15-9/h6-8,14H,3-5H2,1-2H3. The molecule has 0 aliphatic rings. The first kappa shape index (κ1) is 13.0. The van der Waals surface area contributed by atoms with Crippen molar-refractivity contribution in [2.24, 2.45) is 7.05 Å². The summed E-state index contributed by atoms with van der Waals surface area (Å²) in [5.74, 6) is 0. The Balaban J connectivity index is 2.44. The van der Waals surface area contributed by atoms with Gasteiger partial charge in [0.15, 0.2) is 0 Å². The molecule has 92 valence electrons. The molecule has 0 saturated carbocycles. The molecule has 0 fully saturated rings. The van der Waals surface area contributed by atoms with Crippen molar-refractivity contribution < 1.29 is 13.2 Å². The van der Waals surface area contributed by atoms with E-state index in [1.54, 1.807) is 17.9 Å². The second-order valence-corrected chi connectivity index (χ2v) is 3.81. The van der Waals surface area contributed by atoms with E-state index < -0.39 is 12.6 Å². The first-order valence-corrected chi connectivity index (χ1v) is 5.14. The van der Waals surface area contributed by atoms with Crippen molar-refractivity contribution in [1.29, 1.82) is 0 Å². The summed E-state index contributed by atoms with van der Waals surface area (Å²) < 4.78 is 37.7. The molecular formula is C10H16F3N3. The Kier molecular flexibility index (Phi) is 4.35. The number of imidazole rings is 1. The van der Waals surface area contributed by atoms with Gasteiger partial charge in [0.05, 0.1) is 18.1 Å². The van der Waals surface area contributed by atoms with Gasteiger partial charge in [-0.25, -0.2) is 4.98 Å². The number of halogens is 3. The van der Waals surface area contributed by atoms with E-state index in [0.29, 0.717) is 6.42 Å². The Hall–Kier alpha value is -1.04. The number of nitrogens with one attached hydrogen (secondary N) is 1. The molecule has 0 radical (unpaired) electrons. The summed E-state index contributed by atoms with van der Waals surface area (Å²) in [6.07, 6.45) is -0.794. The summed E-state index contributed by atoms with van der Waals surface area (Å²) in [4.78, 5) is 4.12. The van der Waals surface area contributed by atoms with Crippen LogP contribution >= 0.6 is 0 Å². The van der Waals surface area contributed by atoms with E-state index in [1.807, 2.05) is 13.2 Å². The predicted octanol–water partition coefficient (Wildman–Crippen LogP) is 2.41. The fourth-order valence-corrected chi connectivity index (χ4v) is 1.56. The highest BCUT2D eigenvalue weighted by Gasteiger charge is 2.26. The fourth-order valence-electron chi connectivity index (χ4n) is 1.56. The van der Waals surface area contributed by atoms with Gasteiger partial charge in [-0.3, -0.25) is 0 Å². The van der Waals surface area contributed by atoms with Gasteiger partial charge >= 0.3 is 6.18 Å². The number of hydrogen-bond acceptors (Lipinski definition) is 2. The smallest absolute Gasteiger partial charge is 0.340 e. The highest BCUT2D eigenvalue weighted by Crippen LogP contribution is 2.25. The average Bonchev–Trinajstić information content (AvgIpc) is 2.58. The van der Waals surface area contributed by atoms with E-state index in [1.165, 1.54) is 0 Å². The summed E-state index contributed by atoms with van der Waals surface area (Å²) in [6, 6.07) is -0.108. The number of hydrogen-bond donors (Lipinski definition) is 1. The molecule has 1 N–H and O–H groups in total. The van der Waals surface area contributed by atoms with Gasteiger partial charge in [0.2, 0.25) is 0 Å². The van der Waals surface area contributed by atoms with E-state index in [2.05, 4.69) is 10.3 Å². The zero-order valence-corrected chi connectivity index (χ0v) is 9.38. The zero-order valence-electron chi connectivity index (χ0n) is 9.38. The summed E-state index contributed by atoms with van der Waals surface area (Å²) in [6.45, 7) is 0. The Bertz CT molecular complexity index is 319. The lowest BCUT2D eigenvalue weighted by molar-refractivity contribution is -0.135. The predicted molar refractivity (Wildman–Crippen MR) is 54.9 cm³/mol. The van der Waals surface area contributed by atoms with Crippen LogP contribution in [0.15, 0.2) is 12.5 Å². The fraction of sp³-hybridized carbons (Fsp3) is 0.700. The highest BCUT2D eigenvalue weighted by atomic mass is 19.4. The maximum atomic E-state index is 12.0. The zero-order chi connectivity index (χ0) is 12.2. The van der Waals surface area contributed by atoms with Crippen molar-refractivity contribution in [3.63, 3.8) is 0 Å². The van der Waals surface area contributed by atoms with Crippen LogP contribution in [-0.2, 0) is 7.05 Å². The number of alkyl halides is 3. The molecule has 0 amide bonds. The number of aryl methyl sites for hydroxylation is 1. The van der Waals surface area contributed by atoms with Crippen molar-refractivity contribution in [2.45, 2.75) is 31.5 Å². The average molecular weight is 235 g/mol. The van der Waals surface area contributed by atoms with Crippen LogP contribution in [0.25, 0.3) is 0 Å². The number of nitrogens with zero attached hydrogens (tertiary/aromatic N) is 2. The van der Waals surface area contributed by atoms with Crippen molar-refractivity contribution in [1.82, 2.24) is 14.9 Å². The van der Waals surface area contributed by atoms with Crippen LogP contribution in [0.3, 0.4) is 0 Å². The maximum absolute atomic E-state index is 12.0. The van der Waals surface area contributed by atoms with Crippen LogP contribution in [-0.4, -0.2) is 22.8 Å². The lowest BCUT2D eigenvalue weighted by Crippen LogP contribution is -2.18. The van der Waals surface area contributed by atoms with Gasteiger partial charge in [0.25, 0.3) is 0 Å². The normalized spacial score (nSPS) is 14.1. The topological polar surface area (TPSA) is 29.9 Å². The molecule has 0 aliphatic carbocycles. The lowest BCUT2D eigenvalue weighted by Gasteiger charge is -2.14. The minimum Gasteiger partial charge on any atom is -0.340 e. The Morgan fingerprint density at radius 3 is 2.62 bits per heavy atom. The van der Waals surface area contributed by atoms with Crippen LogP contribution in [0, 0.1) is 0 Å². The van der Waals surface area contributed by atoms with Crippen molar-refractivity contribution in [3.8, 4) is 0 Å². The third kappa shape index (κ3) is 4.22. The molecule has 6 heteroatoms. The van der Waals surface area contributed by atoms with Crippen molar-refractivity contribution in [3.05, 3.63) is 18.2 Å². The molecule has 0 aliphatic heterocycles. The summed E-state index contributed by atoms with van der Waals surface area (Å²) >= 11 is 0. The molecule has 1 aromatic rings. The molecule has 1 rings (SSSR count). The number of aromatic nitrogens is 2. The van der Waals surface area contributed by atoms with Gasteiger partial charge in [-0.05, 0) is 19.9 Å². The van der Waals surface area contributed by atoms with E-state index in [4.69, 9.17) is 0 Å². The first-order valence-electron chi connectivity index (χ1n) is 5.14. The lowest BCUT2D eigenvalue weighted by atomic mass is 10.1. The van der Waals surface area contributed by atoms with Gasteiger partial charge in [-0.2, -0.15) is 13.2 Å². The SMILES string of the molecule is CNC(CCCC(F)(F)F)c1cn(C)cn1. The molecule has 1 unspecified atom stereocenters. The maximum Gasteiger partial charge on any atom is 0.389 e. The molecule has 0 spiro atoms. The van der Waals surface area contributed by atoms with Crippen LogP contribution in [0.5, 0.6) is 0 Å². The van der Waals surface area contributed by atoms with Crippen LogP contribution < -0.4 is 5.32 Å². The molecule has 1 aromatic heterocycles. The van der Waals surface area contributed by atoms with Gasteiger partial charge in [-0.1, -0.05) is 0 Å². The number of rotatable bonds is 5. The van der Waals surface area contributed by atoms with Gasteiger partial charge in [0.1, 0.15) is 0 Å². The van der Waals surface area contributed by atoms with Gasteiger partial charge < -0.3 is 9.88 Å². The van der Waals surface area contributed by atoms with E-state index in [0.717, 1.165) is 5.69 Å². The van der Waals surface area contributed by atoms with Crippen LogP contribution in [0.2, 0.25) is 0 Å². The van der Waals surface area contributed by atoms with Crippen molar-refractivity contribution in [2.75, 3.05) is 7.05 Å². The molecule has 0 aromatic carbocycles. The minimum absolute atomic E-state index is 0.108. The van der Waals surface area contributed by atoms with E-state index >= 15 is 0 Å². The van der Waals surface area contributed by atoms with E-state index in [-0.39, 0.29) is 12.5 Å². The van der Waals surface area contributed by atoms with E-state index in [9.17, 15) is 13.2 Å². The van der Waals surface area contributed by atoms with Crippen LogP contribution in [0.1, 0.15) is 31.0 Å². The quantitative estimate of drug-likeness (QED) is 0.849. The second kappa shape index (κ2) is 5.34. The first-order chi connectivity index (χ1) is 7.42. The molecule has 3 nitrogen and oxygen atoms in total. The van der Waals surface area contributed by atoms with Gasteiger partial charge in [-0.15, -0.1) is 0 Å². The Labute approximate surface area is 92.7 Å². The summed E-state index contributed by atoms with van der Waals surface area (Å²) in [5.41, 5.74) is 0.784. The summed E-state index contributed by atoms with van der Waals surface area (Å²) in [7, 11) is 3.56. The molecule has 16 heavy (non-hydrogen) atoms. The Morgan fingerprint density at radius 2 is 2.19 bits per heavy atom. The molecule has 0 bridgehead atoms. The van der Waals surface area contributed by atoms with Crippen molar-refractivity contribution >= 4 is 0 Å². The molecule has 0 saturated heterocycles. The third-order valence-corrected chi connectivity index (χ3v) is 2.38. The molecule has 1 atom stereocenters. The highest BCUT2D eigenvalue weighted by molar-refractivity contribution is 5.03. The van der Waals surface area contributed by atoms with Gasteiger partial charge in [0, 0.05) is 19.7 Å². The summed E-state index contributed by atoms with van der Waals surface area (Å²) in [5, 5.41) is 2.97.